The van der Waals surface area contributed by atoms with E-state index in [0.717, 1.165) is 0 Å². The summed E-state index contributed by atoms with van der Waals surface area (Å²) in [6.45, 7) is 4.24. The molecule has 2 amide bonds. The van der Waals surface area contributed by atoms with E-state index in [1.54, 1.807) is 6.92 Å². The average Bonchev–Trinajstić information content (AvgIpc) is 2.56. The second kappa shape index (κ2) is 8.31. The number of rotatable bonds is 6. The summed E-state index contributed by atoms with van der Waals surface area (Å²) in [6, 6.07) is 2.68. The zero-order valence-electron chi connectivity index (χ0n) is 14.3. The molecule has 1 aromatic carbocycles. The molecule has 6 nitrogen and oxygen atoms in total. The summed E-state index contributed by atoms with van der Waals surface area (Å²) in [7, 11) is 1.51. The largest absolute Gasteiger partial charge is 0.460 e. The first-order valence-electron chi connectivity index (χ1n) is 7.82. The van der Waals surface area contributed by atoms with Crippen LogP contribution in [0.1, 0.15) is 25.5 Å². The zero-order valence-corrected chi connectivity index (χ0v) is 15.0. The number of allylic oxidation sites excluding steroid dienone is 1. The van der Waals surface area contributed by atoms with Gasteiger partial charge in [0.05, 0.1) is 18.2 Å². The van der Waals surface area contributed by atoms with E-state index >= 15 is 0 Å². The van der Waals surface area contributed by atoms with E-state index in [2.05, 4.69) is 5.32 Å². The van der Waals surface area contributed by atoms with E-state index in [1.165, 1.54) is 30.1 Å². The van der Waals surface area contributed by atoms with E-state index < -0.39 is 23.9 Å². The molecule has 1 atom stereocenters. The lowest BCUT2D eigenvalue weighted by molar-refractivity contribution is -0.141. The van der Waals surface area contributed by atoms with Gasteiger partial charge in [0.15, 0.2) is 0 Å². The Morgan fingerprint density at radius 3 is 2.76 bits per heavy atom. The maximum atomic E-state index is 14.3. The zero-order chi connectivity index (χ0) is 18.6. The predicted octanol–water partition coefficient (Wildman–Crippen LogP) is 3.03. The molecule has 0 saturated carbocycles. The number of urea groups is 1. The number of ether oxygens (including phenoxy) is 2. The van der Waals surface area contributed by atoms with Gasteiger partial charge in [0.2, 0.25) is 0 Å². The van der Waals surface area contributed by atoms with Crippen LogP contribution < -0.4 is 5.32 Å². The number of amides is 2. The van der Waals surface area contributed by atoms with Crippen LogP contribution in [0.3, 0.4) is 0 Å². The number of halogens is 2. The van der Waals surface area contributed by atoms with Gasteiger partial charge in [-0.25, -0.2) is 14.0 Å². The minimum absolute atomic E-state index is 0.0294. The van der Waals surface area contributed by atoms with Gasteiger partial charge < -0.3 is 19.7 Å². The lowest BCUT2D eigenvalue weighted by Gasteiger charge is -2.33. The Hall–Kier alpha value is -2.12. The van der Waals surface area contributed by atoms with Crippen LogP contribution in [-0.4, -0.2) is 43.8 Å². The first-order valence-corrected chi connectivity index (χ1v) is 8.20. The molecule has 1 aliphatic heterocycles. The summed E-state index contributed by atoms with van der Waals surface area (Å²) in [5.74, 6) is -1.27. The molecule has 8 heteroatoms. The Bertz CT molecular complexity index is 688. The maximum absolute atomic E-state index is 14.3. The average molecular weight is 371 g/mol. The van der Waals surface area contributed by atoms with Crippen molar-refractivity contribution in [1.29, 1.82) is 0 Å². The Morgan fingerprint density at radius 1 is 1.40 bits per heavy atom. The molecule has 0 aromatic heterocycles. The van der Waals surface area contributed by atoms with E-state index in [9.17, 15) is 14.0 Å². The van der Waals surface area contributed by atoms with Gasteiger partial charge in [-0.3, -0.25) is 0 Å². The van der Waals surface area contributed by atoms with Crippen LogP contribution in [0.15, 0.2) is 29.5 Å². The molecule has 0 aliphatic carbocycles. The second-order valence-electron chi connectivity index (χ2n) is 5.41. The summed E-state index contributed by atoms with van der Waals surface area (Å²) in [5.41, 5.74) is 0.529. The van der Waals surface area contributed by atoms with Gasteiger partial charge in [-0.05, 0) is 26.0 Å². The second-order valence-corrected chi connectivity index (χ2v) is 5.82. The summed E-state index contributed by atoms with van der Waals surface area (Å²) in [6.07, 6.45) is 0. The van der Waals surface area contributed by atoms with Gasteiger partial charge in [-0.1, -0.05) is 17.7 Å². The highest BCUT2D eigenvalue weighted by Crippen LogP contribution is 2.35. The molecule has 1 aromatic rings. The summed E-state index contributed by atoms with van der Waals surface area (Å²) in [4.78, 5) is 25.9. The molecule has 0 radical (unpaired) electrons. The number of carbonyl (C=O) groups is 2. The number of esters is 1. The highest BCUT2D eigenvalue weighted by atomic mass is 35.5. The van der Waals surface area contributed by atoms with Crippen molar-refractivity contribution in [2.24, 2.45) is 0 Å². The summed E-state index contributed by atoms with van der Waals surface area (Å²) < 4.78 is 24.7. The molecule has 0 fully saturated rings. The Morgan fingerprint density at radius 2 is 2.12 bits per heavy atom. The monoisotopic (exact) mass is 370 g/mol. The van der Waals surface area contributed by atoms with E-state index in [-0.39, 0.29) is 29.4 Å². The fraction of sp³-hybridized carbons (Fsp3) is 0.412. The molecule has 0 spiro atoms. The molecular formula is C17H20ClFN2O4. The van der Waals surface area contributed by atoms with Crippen LogP contribution in [0.4, 0.5) is 9.18 Å². The highest BCUT2D eigenvalue weighted by molar-refractivity contribution is 6.31. The molecule has 25 heavy (non-hydrogen) atoms. The van der Waals surface area contributed by atoms with E-state index in [0.29, 0.717) is 12.3 Å². The number of hydrogen-bond donors (Lipinski definition) is 1. The lowest BCUT2D eigenvalue weighted by Crippen LogP contribution is -2.46. The molecule has 0 bridgehead atoms. The van der Waals surface area contributed by atoms with Crippen LogP contribution in [0.25, 0.3) is 0 Å². The molecule has 1 heterocycles. The van der Waals surface area contributed by atoms with E-state index in [4.69, 9.17) is 21.1 Å². The Balaban J connectivity index is 2.39. The number of nitrogens with zero attached hydrogens (tertiary/aromatic N) is 1. The number of benzene rings is 1. The van der Waals surface area contributed by atoms with E-state index in [1.807, 2.05) is 6.92 Å². The minimum atomic E-state index is -1.03. The lowest BCUT2D eigenvalue weighted by atomic mass is 9.94. The smallest absolute Gasteiger partial charge is 0.338 e. The van der Waals surface area contributed by atoms with Crippen molar-refractivity contribution in [3.05, 3.63) is 45.9 Å². The van der Waals surface area contributed by atoms with Crippen LogP contribution in [0, 0.1) is 5.82 Å². The molecule has 1 aliphatic rings. The molecule has 2 rings (SSSR count). The van der Waals surface area contributed by atoms with Crippen LogP contribution >= 0.6 is 11.6 Å². The maximum Gasteiger partial charge on any atom is 0.338 e. The van der Waals surface area contributed by atoms with Gasteiger partial charge in [-0.15, -0.1) is 0 Å². The van der Waals surface area contributed by atoms with Crippen LogP contribution in [0.2, 0.25) is 5.02 Å². The van der Waals surface area contributed by atoms with Gasteiger partial charge in [0.1, 0.15) is 12.4 Å². The minimum Gasteiger partial charge on any atom is -0.460 e. The predicted molar refractivity (Wildman–Crippen MR) is 90.6 cm³/mol. The quantitative estimate of drug-likeness (QED) is 0.617. The van der Waals surface area contributed by atoms with Crippen molar-refractivity contribution in [2.45, 2.75) is 19.9 Å². The van der Waals surface area contributed by atoms with Crippen molar-refractivity contribution < 1.29 is 23.5 Å². The Kier molecular flexibility index (Phi) is 6.39. The Labute approximate surface area is 150 Å². The molecule has 0 saturated heterocycles. The number of carbonyl (C=O) groups excluding carboxylic acids is 2. The SMILES string of the molecule is CCOCCOC(=O)C1=C(C)N(C)C(=O)N[C@H]1c1c(F)cccc1Cl. The van der Waals surface area contributed by atoms with Crippen LogP contribution in [-0.2, 0) is 14.3 Å². The van der Waals surface area contributed by atoms with Gasteiger partial charge in [0, 0.05) is 29.9 Å². The van der Waals surface area contributed by atoms with Crippen molar-refractivity contribution in [1.82, 2.24) is 10.2 Å². The molecule has 136 valence electrons. The topological polar surface area (TPSA) is 67.9 Å². The normalized spacial score (nSPS) is 17.6. The standard InChI is InChI=1S/C17H20ClFN2O4/c1-4-24-8-9-25-16(22)13-10(2)21(3)17(23)20-15(13)14-11(18)6-5-7-12(14)19/h5-7,15H,4,8-9H2,1-3H3,(H,20,23)/t15-/m1/s1. The van der Waals surface area contributed by atoms with Gasteiger partial charge >= 0.3 is 12.0 Å². The fourth-order valence-corrected chi connectivity index (χ4v) is 2.79. The summed E-state index contributed by atoms with van der Waals surface area (Å²) in [5, 5.41) is 2.71. The molecular weight excluding hydrogens is 351 g/mol. The van der Waals surface area contributed by atoms with Crippen molar-refractivity contribution in [3.63, 3.8) is 0 Å². The fourth-order valence-electron chi connectivity index (χ4n) is 2.52. The number of nitrogens with one attached hydrogen (secondary N) is 1. The van der Waals surface area contributed by atoms with Crippen molar-refractivity contribution in [2.75, 3.05) is 26.9 Å². The first-order chi connectivity index (χ1) is 11.9. The highest BCUT2D eigenvalue weighted by Gasteiger charge is 2.37. The van der Waals surface area contributed by atoms with Gasteiger partial charge in [0.25, 0.3) is 0 Å². The summed E-state index contributed by atoms with van der Waals surface area (Å²) >= 11 is 6.11. The van der Waals surface area contributed by atoms with Crippen molar-refractivity contribution >= 4 is 23.6 Å². The van der Waals surface area contributed by atoms with Gasteiger partial charge in [-0.2, -0.15) is 0 Å². The van der Waals surface area contributed by atoms with Crippen LogP contribution in [0.5, 0.6) is 0 Å². The third-order valence-electron chi connectivity index (χ3n) is 3.93. The number of hydrogen-bond acceptors (Lipinski definition) is 4. The molecule has 1 N–H and O–H groups in total. The van der Waals surface area contributed by atoms with Crippen molar-refractivity contribution in [3.8, 4) is 0 Å². The first kappa shape index (κ1) is 19.2. The third-order valence-corrected chi connectivity index (χ3v) is 4.26. The molecule has 0 unspecified atom stereocenters. The third kappa shape index (κ3) is 4.11.